The lowest BCUT2D eigenvalue weighted by molar-refractivity contribution is 1.36. The number of thioether (sulfide) groups is 1. The fourth-order valence-corrected chi connectivity index (χ4v) is 1.96. The van der Waals surface area contributed by atoms with Gasteiger partial charge in [-0.25, -0.2) is 0 Å². The van der Waals surface area contributed by atoms with E-state index < -0.39 is 0 Å². The van der Waals surface area contributed by atoms with Crippen LogP contribution in [0.15, 0.2) is 69.8 Å². The number of hydrogen-bond acceptors (Lipinski definition) is 2. The molecule has 0 atom stereocenters. The summed E-state index contributed by atoms with van der Waals surface area (Å²) >= 11 is 5.98. The molecule has 78 valence electrons. The van der Waals surface area contributed by atoms with Crippen molar-refractivity contribution in [3.05, 3.63) is 60.1 Å². The summed E-state index contributed by atoms with van der Waals surface area (Å²) in [4.78, 5) is 3.42. The molecule has 0 radical (unpaired) electrons. The Kier molecular flexibility index (Phi) is 5.37. The summed E-state index contributed by atoms with van der Waals surface area (Å²) in [5.74, 6) is 0. The molecule has 1 aromatic rings. The summed E-state index contributed by atoms with van der Waals surface area (Å²) in [7, 11) is 0. The molecule has 0 fully saturated rings. The summed E-state index contributed by atoms with van der Waals surface area (Å²) < 4.78 is 0. The van der Waals surface area contributed by atoms with E-state index in [1.165, 1.54) is 9.80 Å². The quantitative estimate of drug-likeness (QED) is 0.447. The molecule has 0 bridgehead atoms. The second-order valence-corrected chi connectivity index (χ2v) is 4.55. The Hall–Kier alpha value is -0.860. The van der Waals surface area contributed by atoms with Gasteiger partial charge in [0.15, 0.2) is 0 Å². The molecule has 1 aromatic carbocycles. The van der Waals surface area contributed by atoms with Crippen molar-refractivity contribution in [1.82, 2.24) is 0 Å². The zero-order valence-electron chi connectivity index (χ0n) is 8.68. The third-order valence-corrected chi connectivity index (χ3v) is 3.17. The van der Waals surface area contributed by atoms with Crippen LogP contribution in [0.3, 0.4) is 0 Å². The van der Waals surface area contributed by atoms with E-state index in [1.54, 1.807) is 17.8 Å². The Balaban J connectivity index is 2.71. The summed E-state index contributed by atoms with van der Waals surface area (Å²) in [6.45, 7) is 5.68. The highest BCUT2D eigenvalue weighted by molar-refractivity contribution is 8.03. The number of benzene rings is 1. The van der Waals surface area contributed by atoms with Crippen LogP contribution in [0.5, 0.6) is 0 Å². The molecule has 0 aliphatic rings. The zero-order valence-corrected chi connectivity index (χ0v) is 10.4. The normalized spacial score (nSPS) is 12.0. The smallest absolute Gasteiger partial charge is 0.0123 e. The van der Waals surface area contributed by atoms with Crippen LogP contribution >= 0.6 is 24.4 Å². The van der Waals surface area contributed by atoms with Gasteiger partial charge in [0.05, 0.1) is 0 Å². The molecule has 0 nitrogen and oxygen atoms in total. The molecule has 1 rings (SSSR count). The van der Waals surface area contributed by atoms with Crippen molar-refractivity contribution in [2.75, 3.05) is 0 Å². The Morgan fingerprint density at radius 3 is 2.53 bits per heavy atom. The minimum absolute atomic E-state index is 0.989. The van der Waals surface area contributed by atoms with Crippen LogP contribution in [0.1, 0.15) is 6.92 Å². The minimum Gasteiger partial charge on any atom is -0.143 e. The van der Waals surface area contributed by atoms with Crippen molar-refractivity contribution in [2.24, 2.45) is 0 Å². The van der Waals surface area contributed by atoms with Gasteiger partial charge in [0.2, 0.25) is 0 Å². The summed E-state index contributed by atoms with van der Waals surface area (Å²) in [6, 6.07) is 8.13. The van der Waals surface area contributed by atoms with E-state index in [4.69, 9.17) is 0 Å². The first-order valence-electron chi connectivity index (χ1n) is 4.68. The van der Waals surface area contributed by atoms with Crippen LogP contribution in [-0.4, -0.2) is 0 Å². The van der Waals surface area contributed by atoms with Gasteiger partial charge < -0.3 is 0 Å². The van der Waals surface area contributed by atoms with E-state index in [-0.39, 0.29) is 0 Å². The molecule has 0 N–H and O–H groups in total. The number of rotatable bonds is 4. The van der Waals surface area contributed by atoms with Gasteiger partial charge in [-0.15, -0.1) is 12.6 Å². The maximum atomic E-state index is 4.25. The standard InChI is InChI=1S/C13H14S2/c1-3-5-6-12(4-2)15-13-9-7-11(14)8-10-13/h3-10,14H,1H2,2H3/b6-5-,12-4+. The van der Waals surface area contributed by atoms with E-state index >= 15 is 0 Å². The largest absolute Gasteiger partial charge is 0.143 e. The second kappa shape index (κ2) is 6.59. The molecule has 2 heteroatoms. The lowest BCUT2D eigenvalue weighted by Crippen LogP contribution is -1.73. The van der Waals surface area contributed by atoms with Crippen LogP contribution in [0.4, 0.5) is 0 Å². The molecule has 0 spiro atoms. The van der Waals surface area contributed by atoms with Gasteiger partial charge in [0.25, 0.3) is 0 Å². The van der Waals surface area contributed by atoms with Crippen molar-refractivity contribution in [1.29, 1.82) is 0 Å². The Morgan fingerprint density at radius 1 is 1.33 bits per heavy atom. The van der Waals surface area contributed by atoms with Crippen LogP contribution in [0.25, 0.3) is 0 Å². The maximum absolute atomic E-state index is 4.25. The summed E-state index contributed by atoms with van der Waals surface area (Å²) in [5, 5.41) is 0. The molecule has 0 aliphatic heterocycles. The number of thiol groups is 1. The van der Waals surface area contributed by atoms with Crippen LogP contribution in [0.2, 0.25) is 0 Å². The van der Waals surface area contributed by atoms with Gasteiger partial charge in [-0.1, -0.05) is 36.6 Å². The highest BCUT2D eigenvalue weighted by Crippen LogP contribution is 2.27. The predicted molar refractivity (Wildman–Crippen MR) is 72.6 cm³/mol. The highest BCUT2D eigenvalue weighted by atomic mass is 32.2. The lowest BCUT2D eigenvalue weighted by atomic mass is 10.4. The summed E-state index contributed by atoms with van der Waals surface area (Å²) in [5.41, 5.74) is 0. The molecule has 0 amide bonds. The third-order valence-electron chi connectivity index (χ3n) is 1.75. The molecule has 15 heavy (non-hydrogen) atoms. The fourth-order valence-electron chi connectivity index (χ4n) is 1.00. The van der Waals surface area contributed by atoms with Crippen molar-refractivity contribution >= 4 is 24.4 Å². The Labute approximate surface area is 101 Å². The Bertz CT molecular complexity index is 372. The average Bonchev–Trinajstić information content (AvgIpc) is 2.27. The van der Waals surface area contributed by atoms with E-state index in [2.05, 4.69) is 37.4 Å². The van der Waals surface area contributed by atoms with Gasteiger partial charge >= 0.3 is 0 Å². The van der Waals surface area contributed by atoms with Gasteiger partial charge in [0.1, 0.15) is 0 Å². The van der Waals surface area contributed by atoms with Gasteiger partial charge in [-0.3, -0.25) is 0 Å². The molecular weight excluding hydrogens is 220 g/mol. The van der Waals surface area contributed by atoms with Crippen LogP contribution in [-0.2, 0) is 0 Å². The topological polar surface area (TPSA) is 0 Å². The summed E-state index contributed by atoms with van der Waals surface area (Å²) in [6.07, 6.45) is 7.85. The zero-order chi connectivity index (χ0) is 11.1. The van der Waals surface area contributed by atoms with E-state index in [0.717, 1.165) is 4.90 Å². The molecule has 0 unspecified atom stereocenters. The van der Waals surface area contributed by atoms with Crippen LogP contribution < -0.4 is 0 Å². The van der Waals surface area contributed by atoms with Gasteiger partial charge in [-0.05, 0) is 37.3 Å². The second-order valence-electron chi connectivity index (χ2n) is 2.88. The highest BCUT2D eigenvalue weighted by Gasteiger charge is 1.95. The maximum Gasteiger partial charge on any atom is 0.0123 e. The van der Waals surface area contributed by atoms with E-state index in [9.17, 15) is 0 Å². The SMILES string of the molecule is C=C/C=C\C(=C/C)Sc1ccc(S)cc1. The van der Waals surface area contributed by atoms with Crippen LogP contribution in [0, 0.1) is 0 Å². The lowest BCUT2D eigenvalue weighted by Gasteiger charge is -2.01. The molecule has 0 saturated heterocycles. The van der Waals surface area contributed by atoms with Crippen molar-refractivity contribution in [2.45, 2.75) is 16.7 Å². The first-order valence-corrected chi connectivity index (χ1v) is 5.95. The number of hydrogen-bond donors (Lipinski definition) is 1. The molecular formula is C13H14S2. The fraction of sp³-hybridized carbons (Fsp3) is 0.0769. The molecule has 0 heterocycles. The van der Waals surface area contributed by atoms with E-state index in [0.29, 0.717) is 0 Å². The first-order chi connectivity index (χ1) is 7.26. The van der Waals surface area contributed by atoms with Crippen molar-refractivity contribution < 1.29 is 0 Å². The van der Waals surface area contributed by atoms with Gasteiger partial charge in [0, 0.05) is 14.7 Å². The minimum atomic E-state index is 0.989. The first kappa shape index (κ1) is 12.2. The van der Waals surface area contributed by atoms with Crippen molar-refractivity contribution in [3.63, 3.8) is 0 Å². The predicted octanol–water partition coefficient (Wildman–Crippen LogP) is 4.71. The Morgan fingerprint density at radius 2 is 2.00 bits per heavy atom. The molecule has 0 aliphatic carbocycles. The average molecular weight is 234 g/mol. The third kappa shape index (κ3) is 4.45. The van der Waals surface area contributed by atoms with Crippen molar-refractivity contribution in [3.8, 4) is 0 Å². The molecule has 0 saturated carbocycles. The van der Waals surface area contributed by atoms with Gasteiger partial charge in [-0.2, -0.15) is 0 Å². The van der Waals surface area contributed by atoms with E-state index in [1.807, 2.05) is 31.2 Å². The molecule has 0 aromatic heterocycles. The number of allylic oxidation sites excluding steroid dienone is 4. The monoisotopic (exact) mass is 234 g/mol.